The minimum Gasteiger partial charge on any atom is -0.389 e. The van der Waals surface area contributed by atoms with Gasteiger partial charge in [-0.15, -0.1) is 0 Å². The molecular weight excluding hydrogens is 238 g/mol. The van der Waals surface area contributed by atoms with Crippen molar-refractivity contribution in [2.75, 3.05) is 0 Å². The minimum absolute atomic E-state index is 0.149. The first-order valence-electron chi connectivity index (χ1n) is 7.67. The molecule has 2 fully saturated rings. The molecule has 0 spiro atoms. The van der Waals surface area contributed by atoms with Crippen LogP contribution in [0.4, 0.5) is 0 Å². The summed E-state index contributed by atoms with van der Waals surface area (Å²) in [5.41, 5.74) is 6.37. The predicted molar refractivity (Wildman–Crippen MR) is 74.8 cm³/mol. The van der Waals surface area contributed by atoms with Crippen molar-refractivity contribution in [3.05, 3.63) is 18.0 Å². The van der Waals surface area contributed by atoms with Gasteiger partial charge >= 0.3 is 0 Å². The average molecular weight is 263 g/mol. The second-order valence-corrected chi connectivity index (χ2v) is 6.48. The van der Waals surface area contributed by atoms with Gasteiger partial charge in [0.05, 0.1) is 17.3 Å². The van der Waals surface area contributed by atoms with E-state index in [-0.39, 0.29) is 6.04 Å². The Kier molecular flexibility index (Phi) is 3.63. The lowest BCUT2D eigenvalue weighted by Gasteiger charge is -2.34. The van der Waals surface area contributed by atoms with Crippen LogP contribution in [-0.2, 0) is 6.42 Å². The van der Waals surface area contributed by atoms with E-state index in [4.69, 9.17) is 5.73 Å². The fourth-order valence-electron chi connectivity index (χ4n) is 3.73. The molecule has 0 amide bonds. The molecule has 2 unspecified atom stereocenters. The van der Waals surface area contributed by atoms with Gasteiger partial charge in [-0.2, -0.15) is 5.10 Å². The molecule has 2 aliphatic rings. The summed E-state index contributed by atoms with van der Waals surface area (Å²) in [7, 11) is 0. The maximum absolute atomic E-state index is 10.6. The summed E-state index contributed by atoms with van der Waals surface area (Å²) in [5.74, 6) is 0. The van der Waals surface area contributed by atoms with Crippen LogP contribution in [0.1, 0.15) is 63.1 Å². The molecule has 0 aliphatic heterocycles. The molecule has 3 rings (SSSR count). The van der Waals surface area contributed by atoms with Crippen molar-refractivity contribution in [1.29, 1.82) is 0 Å². The molecule has 106 valence electrons. The zero-order chi connectivity index (χ0) is 13.3. The Bertz CT molecular complexity index is 425. The van der Waals surface area contributed by atoms with E-state index < -0.39 is 5.60 Å². The van der Waals surface area contributed by atoms with Crippen LogP contribution in [0.2, 0.25) is 0 Å². The molecule has 19 heavy (non-hydrogen) atoms. The topological polar surface area (TPSA) is 64.1 Å². The summed E-state index contributed by atoms with van der Waals surface area (Å²) in [5, 5.41) is 15.3. The van der Waals surface area contributed by atoms with E-state index >= 15 is 0 Å². The molecule has 0 radical (unpaired) electrons. The SMILES string of the molecule is NC1CCCC(O)(Cc2ccn(C3CCCC3)n2)C1. The molecule has 0 saturated heterocycles. The fraction of sp³-hybridized carbons (Fsp3) is 0.800. The largest absolute Gasteiger partial charge is 0.389 e. The monoisotopic (exact) mass is 263 g/mol. The van der Waals surface area contributed by atoms with Gasteiger partial charge in [0.2, 0.25) is 0 Å². The molecule has 1 aromatic rings. The second-order valence-electron chi connectivity index (χ2n) is 6.48. The molecular formula is C15H25N3O. The van der Waals surface area contributed by atoms with Gasteiger partial charge in [-0.25, -0.2) is 0 Å². The Hall–Kier alpha value is -0.870. The fourth-order valence-corrected chi connectivity index (χ4v) is 3.73. The molecule has 4 nitrogen and oxygen atoms in total. The molecule has 2 atom stereocenters. The second kappa shape index (κ2) is 5.25. The van der Waals surface area contributed by atoms with Crippen molar-refractivity contribution in [3.63, 3.8) is 0 Å². The minimum atomic E-state index is -0.632. The summed E-state index contributed by atoms with van der Waals surface area (Å²) in [4.78, 5) is 0. The van der Waals surface area contributed by atoms with Crippen LogP contribution in [0.15, 0.2) is 12.3 Å². The highest BCUT2D eigenvalue weighted by Crippen LogP contribution is 2.32. The lowest BCUT2D eigenvalue weighted by Crippen LogP contribution is -2.42. The van der Waals surface area contributed by atoms with Gasteiger partial charge in [0.1, 0.15) is 0 Å². The standard InChI is InChI=1S/C15H25N3O/c16-12-4-3-8-15(19,10-12)11-13-7-9-18(17-13)14-5-1-2-6-14/h7,9,12,14,19H,1-6,8,10-11,16H2. The number of aromatic nitrogens is 2. The van der Waals surface area contributed by atoms with Crippen LogP contribution in [0.3, 0.4) is 0 Å². The number of aliphatic hydroxyl groups is 1. The van der Waals surface area contributed by atoms with Crippen molar-refractivity contribution < 1.29 is 5.11 Å². The normalized spacial score (nSPS) is 32.8. The van der Waals surface area contributed by atoms with E-state index in [1.165, 1.54) is 25.7 Å². The van der Waals surface area contributed by atoms with Crippen LogP contribution in [0.5, 0.6) is 0 Å². The molecule has 0 aromatic carbocycles. The van der Waals surface area contributed by atoms with Crippen molar-refractivity contribution in [3.8, 4) is 0 Å². The Labute approximate surface area is 115 Å². The van der Waals surface area contributed by atoms with Crippen LogP contribution in [-0.4, -0.2) is 26.5 Å². The van der Waals surface area contributed by atoms with E-state index in [1.54, 1.807) is 0 Å². The van der Waals surface area contributed by atoms with Gasteiger partial charge in [0, 0.05) is 18.7 Å². The maximum Gasteiger partial charge on any atom is 0.0718 e. The van der Waals surface area contributed by atoms with Crippen LogP contribution in [0, 0.1) is 0 Å². The molecule has 2 saturated carbocycles. The zero-order valence-corrected chi connectivity index (χ0v) is 11.6. The zero-order valence-electron chi connectivity index (χ0n) is 11.6. The Morgan fingerprint density at radius 1 is 1.32 bits per heavy atom. The van der Waals surface area contributed by atoms with Gasteiger partial charge in [-0.1, -0.05) is 12.8 Å². The number of hydrogen-bond acceptors (Lipinski definition) is 3. The molecule has 4 heteroatoms. The van der Waals surface area contributed by atoms with Gasteiger partial charge in [0.15, 0.2) is 0 Å². The molecule has 2 aliphatic carbocycles. The summed E-state index contributed by atoms with van der Waals surface area (Å²) >= 11 is 0. The first kappa shape index (κ1) is 13.1. The van der Waals surface area contributed by atoms with Crippen molar-refractivity contribution in [1.82, 2.24) is 9.78 Å². The molecule has 1 heterocycles. The van der Waals surface area contributed by atoms with Crippen molar-refractivity contribution >= 4 is 0 Å². The Balaban J connectivity index is 1.66. The van der Waals surface area contributed by atoms with E-state index in [0.29, 0.717) is 18.9 Å². The number of hydrogen-bond donors (Lipinski definition) is 2. The number of nitrogens with zero attached hydrogens (tertiary/aromatic N) is 2. The van der Waals surface area contributed by atoms with Gasteiger partial charge in [-0.05, 0) is 44.6 Å². The number of rotatable bonds is 3. The van der Waals surface area contributed by atoms with Gasteiger partial charge < -0.3 is 10.8 Å². The highest BCUT2D eigenvalue weighted by Gasteiger charge is 2.33. The van der Waals surface area contributed by atoms with Gasteiger partial charge in [0.25, 0.3) is 0 Å². The lowest BCUT2D eigenvalue weighted by atomic mass is 9.79. The predicted octanol–water partition coefficient (Wildman–Crippen LogP) is 2.17. The third kappa shape index (κ3) is 3.00. The van der Waals surface area contributed by atoms with Crippen molar-refractivity contribution in [2.24, 2.45) is 5.73 Å². The van der Waals surface area contributed by atoms with E-state index in [2.05, 4.69) is 22.0 Å². The highest BCUT2D eigenvalue weighted by molar-refractivity contribution is 5.06. The van der Waals surface area contributed by atoms with Crippen LogP contribution >= 0.6 is 0 Å². The third-order valence-electron chi connectivity index (χ3n) is 4.73. The highest BCUT2D eigenvalue weighted by atomic mass is 16.3. The molecule has 3 N–H and O–H groups in total. The van der Waals surface area contributed by atoms with E-state index in [1.807, 2.05) is 0 Å². The molecule has 1 aromatic heterocycles. The third-order valence-corrected chi connectivity index (χ3v) is 4.73. The summed E-state index contributed by atoms with van der Waals surface area (Å²) in [6.45, 7) is 0. The van der Waals surface area contributed by atoms with E-state index in [9.17, 15) is 5.11 Å². The quantitative estimate of drug-likeness (QED) is 0.878. The number of nitrogens with two attached hydrogens (primary N) is 1. The summed E-state index contributed by atoms with van der Waals surface area (Å²) in [6.07, 6.45) is 11.5. The van der Waals surface area contributed by atoms with Crippen molar-refractivity contribution in [2.45, 2.75) is 75.5 Å². The first-order valence-corrected chi connectivity index (χ1v) is 7.67. The lowest BCUT2D eigenvalue weighted by molar-refractivity contribution is -0.00284. The van der Waals surface area contributed by atoms with Crippen LogP contribution in [0.25, 0.3) is 0 Å². The van der Waals surface area contributed by atoms with Gasteiger partial charge in [-0.3, -0.25) is 4.68 Å². The smallest absolute Gasteiger partial charge is 0.0718 e. The average Bonchev–Trinajstić information content (AvgIpc) is 2.97. The summed E-state index contributed by atoms with van der Waals surface area (Å²) < 4.78 is 2.11. The summed E-state index contributed by atoms with van der Waals surface area (Å²) in [6, 6.07) is 2.80. The van der Waals surface area contributed by atoms with Crippen LogP contribution < -0.4 is 5.73 Å². The maximum atomic E-state index is 10.6. The Morgan fingerprint density at radius 2 is 2.11 bits per heavy atom. The Morgan fingerprint density at radius 3 is 2.84 bits per heavy atom. The molecule has 0 bridgehead atoms. The van der Waals surface area contributed by atoms with E-state index in [0.717, 1.165) is 25.0 Å². The first-order chi connectivity index (χ1) is 9.15.